The summed E-state index contributed by atoms with van der Waals surface area (Å²) in [6, 6.07) is 4.67. The van der Waals surface area contributed by atoms with E-state index in [9.17, 15) is 44.4 Å². The van der Waals surface area contributed by atoms with Gasteiger partial charge in [0, 0.05) is 43.8 Å². The Hall–Kier alpha value is -4.92. The van der Waals surface area contributed by atoms with Crippen molar-refractivity contribution < 1.29 is 53.4 Å². The van der Waals surface area contributed by atoms with Crippen LogP contribution in [0.15, 0.2) is 56.9 Å². The number of rotatable bonds is 14. The van der Waals surface area contributed by atoms with Crippen molar-refractivity contribution in [1.29, 1.82) is 0 Å². The van der Waals surface area contributed by atoms with Crippen molar-refractivity contribution in [2.45, 2.75) is 89.7 Å². The predicted octanol–water partition coefficient (Wildman–Crippen LogP) is -1.44. The average molecular weight is 733 g/mol. The number of aliphatic hydroxyl groups excluding tert-OH is 4. The first kappa shape index (κ1) is 39.9. The van der Waals surface area contributed by atoms with E-state index in [4.69, 9.17) is 18.6 Å². The van der Waals surface area contributed by atoms with Crippen molar-refractivity contribution in [3.63, 3.8) is 0 Å². The van der Waals surface area contributed by atoms with Crippen LogP contribution in [0.5, 0.6) is 0 Å². The van der Waals surface area contributed by atoms with Gasteiger partial charge in [0.15, 0.2) is 12.3 Å². The number of carbonyl (C=O) groups is 3. The summed E-state index contributed by atoms with van der Waals surface area (Å²) in [5.74, 6) is -1.41. The van der Waals surface area contributed by atoms with Crippen LogP contribution in [-0.4, -0.2) is 114 Å². The smallest absolute Gasteiger partial charge is 0.407 e. The number of aryl methyl sites for hydroxylation is 1. The summed E-state index contributed by atoms with van der Waals surface area (Å²) >= 11 is 0. The van der Waals surface area contributed by atoms with E-state index in [0.29, 0.717) is 5.56 Å². The van der Waals surface area contributed by atoms with Crippen LogP contribution in [0.2, 0.25) is 0 Å². The Balaban J connectivity index is 1.62. The van der Waals surface area contributed by atoms with Crippen molar-refractivity contribution in [3.8, 4) is 0 Å². The van der Waals surface area contributed by atoms with Gasteiger partial charge in [-0.1, -0.05) is 6.07 Å². The number of pyridine rings is 1. The normalized spacial score (nSPS) is 20.9. The van der Waals surface area contributed by atoms with Crippen LogP contribution in [-0.2, 0) is 43.5 Å². The standard InChI is InChI=1S/C33H44N6O13/c1-18-13-38(31(47)37-28(18)45)15-23(41)39(14-19-6-5-9-34-12-19)24(29(46)35-10-11-36-32(48)52-33(2,3)4)21-8-7-20(50-21)17-49-30-27(44)26(43)25(42)22(16-40)51-30/h5-9,12-13,22,24-27,30,40,42-44H,10-11,14-17H2,1-4H3,(H,35,46)(H,36,48)(H,37,45,47)/t22?,24?,25-,26?,27?,30?/m0/s1. The van der Waals surface area contributed by atoms with Gasteiger partial charge in [0.25, 0.3) is 11.5 Å². The number of ether oxygens (including phenoxy) is 3. The van der Waals surface area contributed by atoms with E-state index in [-0.39, 0.29) is 43.3 Å². The summed E-state index contributed by atoms with van der Waals surface area (Å²) in [5, 5.41) is 45.2. The summed E-state index contributed by atoms with van der Waals surface area (Å²) in [7, 11) is 0. The molecule has 5 unspecified atom stereocenters. The largest absolute Gasteiger partial charge is 0.461 e. The van der Waals surface area contributed by atoms with Crippen LogP contribution in [0.4, 0.5) is 4.79 Å². The Kier molecular flexibility index (Phi) is 13.4. The molecule has 4 heterocycles. The fourth-order valence-electron chi connectivity index (χ4n) is 5.16. The molecule has 7 N–H and O–H groups in total. The molecular formula is C33H44N6O13. The molecule has 52 heavy (non-hydrogen) atoms. The summed E-state index contributed by atoms with van der Waals surface area (Å²) < 4.78 is 23.1. The Morgan fingerprint density at radius 2 is 1.81 bits per heavy atom. The van der Waals surface area contributed by atoms with Crippen LogP contribution in [0.1, 0.15) is 49.5 Å². The maximum absolute atomic E-state index is 14.1. The molecule has 3 aromatic rings. The summed E-state index contributed by atoms with van der Waals surface area (Å²) in [4.78, 5) is 72.1. The highest BCUT2D eigenvalue weighted by Gasteiger charge is 2.44. The minimum atomic E-state index is -1.67. The van der Waals surface area contributed by atoms with Crippen LogP contribution in [0.3, 0.4) is 0 Å². The minimum Gasteiger partial charge on any atom is -0.461 e. The number of nitrogens with one attached hydrogen (secondary N) is 3. The van der Waals surface area contributed by atoms with Crippen molar-refractivity contribution in [2.75, 3.05) is 19.7 Å². The highest BCUT2D eigenvalue weighted by atomic mass is 16.7. The number of hydrogen-bond acceptors (Lipinski definition) is 14. The number of aromatic amines is 1. The van der Waals surface area contributed by atoms with Gasteiger partial charge < -0.3 is 54.6 Å². The van der Waals surface area contributed by atoms with Crippen LogP contribution < -0.4 is 21.9 Å². The number of carbonyl (C=O) groups excluding carboxylic acids is 3. The van der Waals surface area contributed by atoms with E-state index in [1.807, 2.05) is 0 Å². The molecular weight excluding hydrogens is 688 g/mol. The van der Waals surface area contributed by atoms with Gasteiger partial charge in [0.05, 0.1) is 6.61 Å². The van der Waals surface area contributed by atoms with Gasteiger partial charge in [-0.15, -0.1) is 0 Å². The number of aromatic nitrogens is 3. The molecule has 0 aromatic carbocycles. The molecule has 19 heteroatoms. The number of alkyl carbamates (subject to hydrolysis) is 1. The Labute approximate surface area is 297 Å². The first-order chi connectivity index (χ1) is 24.6. The molecule has 3 amide bonds. The summed E-state index contributed by atoms with van der Waals surface area (Å²) in [6.45, 7) is 4.63. The monoisotopic (exact) mass is 732 g/mol. The van der Waals surface area contributed by atoms with Gasteiger partial charge in [0.1, 0.15) is 54.7 Å². The number of hydrogen-bond donors (Lipinski definition) is 7. The fourth-order valence-corrected chi connectivity index (χ4v) is 5.16. The van der Waals surface area contributed by atoms with Crippen molar-refractivity contribution in [1.82, 2.24) is 30.1 Å². The lowest BCUT2D eigenvalue weighted by Gasteiger charge is -2.39. The van der Waals surface area contributed by atoms with Crippen LogP contribution in [0, 0.1) is 6.92 Å². The highest BCUT2D eigenvalue weighted by molar-refractivity contribution is 5.88. The van der Waals surface area contributed by atoms with E-state index >= 15 is 0 Å². The molecule has 1 aliphatic heterocycles. The lowest BCUT2D eigenvalue weighted by molar-refractivity contribution is -0.304. The van der Waals surface area contributed by atoms with Gasteiger partial charge in [-0.25, -0.2) is 9.59 Å². The third-order valence-corrected chi connectivity index (χ3v) is 7.73. The average Bonchev–Trinajstić information content (AvgIpc) is 3.55. The number of H-pyrrole nitrogens is 1. The van der Waals surface area contributed by atoms with Gasteiger partial charge in [0.2, 0.25) is 5.91 Å². The van der Waals surface area contributed by atoms with Crippen LogP contribution >= 0.6 is 0 Å². The SMILES string of the molecule is Cc1cn(CC(=O)N(Cc2cccnc2)C(C(=O)NCCNC(=O)OC(C)(C)C)c2ccc(COC3OC(CO)[C@H](O)C(O)C3O)o2)c(=O)[nH]c1=O. The zero-order valence-electron chi connectivity index (χ0n) is 29.1. The second kappa shape index (κ2) is 17.5. The van der Waals surface area contributed by atoms with E-state index in [1.165, 1.54) is 37.6 Å². The third kappa shape index (κ3) is 10.6. The zero-order valence-corrected chi connectivity index (χ0v) is 29.1. The van der Waals surface area contributed by atoms with Crippen molar-refractivity contribution in [3.05, 3.63) is 86.3 Å². The number of nitrogens with zero attached hydrogens (tertiary/aromatic N) is 3. The van der Waals surface area contributed by atoms with E-state index in [1.54, 1.807) is 32.9 Å². The Morgan fingerprint density at radius 3 is 2.48 bits per heavy atom. The molecule has 6 atom stereocenters. The second-order valence-electron chi connectivity index (χ2n) is 13.0. The third-order valence-electron chi connectivity index (χ3n) is 7.73. The summed E-state index contributed by atoms with van der Waals surface area (Å²) in [6.07, 6.45) is -4.09. The molecule has 1 fully saturated rings. The number of aliphatic hydroxyl groups is 4. The highest BCUT2D eigenvalue weighted by Crippen LogP contribution is 2.28. The van der Waals surface area contributed by atoms with Crippen LogP contribution in [0.25, 0.3) is 0 Å². The topological polar surface area (TPSA) is 268 Å². The second-order valence-corrected chi connectivity index (χ2v) is 13.0. The molecule has 19 nitrogen and oxygen atoms in total. The van der Waals surface area contributed by atoms with E-state index < -0.39 is 84.7 Å². The van der Waals surface area contributed by atoms with Gasteiger partial charge in [-0.2, -0.15) is 0 Å². The quantitative estimate of drug-likeness (QED) is 0.0937. The van der Waals surface area contributed by atoms with Gasteiger partial charge in [-0.3, -0.25) is 28.9 Å². The zero-order chi connectivity index (χ0) is 38.2. The summed E-state index contributed by atoms with van der Waals surface area (Å²) in [5.41, 5.74) is -1.52. The minimum absolute atomic E-state index is 0.0354. The van der Waals surface area contributed by atoms with Crippen molar-refractivity contribution in [2.24, 2.45) is 0 Å². The van der Waals surface area contributed by atoms with E-state index in [2.05, 4.69) is 20.6 Å². The molecule has 3 aromatic heterocycles. The van der Waals surface area contributed by atoms with Crippen molar-refractivity contribution >= 4 is 17.9 Å². The van der Waals surface area contributed by atoms with E-state index in [0.717, 1.165) is 9.47 Å². The molecule has 1 aliphatic rings. The number of amides is 3. The molecule has 0 aliphatic carbocycles. The molecule has 0 radical (unpaired) electrons. The van der Waals surface area contributed by atoms with Gasteiger partial charge >= 0.3 is 11.8 Å². The molecule has 1 saturated heterocycles. The predicted molar refractivity (Wildman–Crippen MR) is 178 cm³/mol. The molecule has 4 rings (SSSR count). The maximum Gasteiger partial charge on any atom is 0.407 e. The molecule has 0 saturated carbocycles. The molecule has 0 spiro atoms. The Morgan fingerprint density at radius 1 is 1.08 bits per heavy atom. The Bertz CT molecular complexity index is 1780. The first-order valence-corrected chi connectivity index (χ1v) is 16.3. The molecule has 284 valence electrons. The lowest BCUT2D eigenvalue weighted by atomic mass is 9.99. The van der Waals surface area contributed by atoms with Gasteiger partial charge in [-0.05, 0) is 51.5 Å². The maximum atomic E-state index is 14.1. The molecule has 0 bridgehead atoms. The lowest BCUT2D eigenvalue weighted by Crippen LogP contribution is -2.59. The fraction of sp³-hybridized carbons (Fsp3) is 0.515. The first-order valence-electron chi connectivity index (χ1n) is 16.3. The number of furan rings is 1.